The summed E-state index contributed by atoms with van der Waals surface area (Å²) < 4.78 is 5.31. The highest BCUT2D eigenvalue weighted by atomic mass is 35.5. The topological polar surface area (TPSA) is 53.0 Å². The monoisotopic (exact) mass is 340 g/mol. The van der Waals surface area contributed by atoms with Crippen LogP contribution in [0.5, 0.6) is 0 Å². The fourth-order valence-corrected chi connectivity index (χ4v) is 3.20. The fraction of sp³-hybridized carbons (Fsp3) is 0.588. The molecule has 0 spiro atoms. The molecule has 0 unspecified atom stereocenters. The molecule has 0 radical (unpaired) electrons. The van der Waals surface area contributed by atoms with Gasteiger partial charge in [-0.1, -0.05) is 11.6 Å². The van der Waals surface area contributed by atoms with Gasteiger partial charge in [0, 0.05) is 50.4 Å². The molecule has 1 N–H and O–H groups in total. The van der Waals surface area contributed by atoms with Crippen LogP contribution < -0.4 is 0 Å². The van der Waals surface area contributed by atoms with Crippen molar-refractivity contribution >= 4 is 17.6 Å². The lowest BCUT2D eigenvalue weighted by Crippen LogP contribution is -2.56. The van der Waals surface area contributed by atoms with E-state index in [-0.39, 0.29) is 11.1 Å². The molecule has 1 aromatic carbocycles. The van der Waals surface area contributed by atoms with Gasteiger partial charge in [-0.25, -0.2) is 4.79 Å². The van der Waals surface area contributed by atoms with Gasteiger partial charge in [0.2, 0.25) is 0 Å². The van der Waals surface area contributed by atoms with E-state index in [0.717, 1.165) is 31.7 Å². The Balaban J connectivity index is 1.97. The molecule has 0 aliphatic carbocycles. The van der Waals surface area contributed by atoms with Crippen LogP contribution in [0.3, 0.4) is 0 Å². The molecule has 2 rings (SSSR count). The lowest BCUT2D eigenvalue weighted by molar-refractivity contribution is 0.000748. The molecule has 0 bridgehead atoms. The van der Waals surface area contributed by atoms with Crippen molar-refractivity contribution in [2.45, 2.75) is 25.9 Å². The Hall–Kier alpha value is -1.14. The molecular weight excluding hydrogens is 316 g/mol. The minimum atomic E-state index is -0.922. The van der Waals surface area contributed by atoms with Crippen LogP contribution in [0, 0.1) is 0 Å². The molecule has 128 valence electrons. The first-order valence-electron chi connectivity index (χ1n) is 7.81. The summed E-state index contributed by atoms with van der Waals surface area (Å²) in [7, 11) is 1.73. The number of rotatable bonds is 6. The van der Waals surface area contributed by atoms with Crippen LogP contribution in [-0.2, 0) is 11.3 Å². The third-order valence-corrected chi connectivity index (χ3v) is 4.78. The molecular formula is C17H25ClN2O3. The molecule has 1 fully saturated rings. The van der Waals surface area contributed by atoms with E-state index in [1.807, 2.05) is 0 Å². The molecule has 23 heavy (non-hydrogen) atoms. The minimum Gasteiger partial charge on any atom is -0.478 e. The van der Waals surface area contributed by atoms with Crippen molar-refractivity contribution in [1.82, 2.24) is 9.80 Å². The van der Waals surface area contributed by atoms with Crippen molar-refractivity contribution in [2.75, 3.05) is 39.9 Å². The number of benzene rings is 1. The number of hydrogen-bond donors (Lipinski definition) is 1. The molecule has 0 amide bonds. The third kappa shape index (κ3) is 4.67. The van der Waals surface area contributed by atoms with Crippen molar-refractivity contribution in [3.63, 3.8) is 0 Å². The molecule has 0 saturated carbocycles. The summed E-state index contributed by atoms with van der Waals surface area (Å²) in [6, 6.07) is 4.88. The number of carboxylic acid groups (broad SMARTS) is 1. The maximum atomic E-state index is 11.1. The predicted molar refractivity (Wildman–Crippen MR) is 91.2 cm³/mol. The largest absolute Gasteiger partial charge is 0.478 e. The summed E-state index contributed by atoms with van der Waals surface area (Å²) in [5.74, 6) is -0.922. The number of carbonyl (C=O) groups is 1. The number of piperazine rings is 1. The Bertz CT molecular complexity index is 555. The average molecular weight is 341 g/mol. The van der Waals surface area contributed by atoms with Crippen molar-refractivity contribution in [3.8, 4) is 0 Å². The van der Waals surface area contributed by atoms with Crippen LogP contribution in [0.4, 0.5) is 0 Å². The fourth-order valence-electron chi connectivity index (χ4n) is 3.03. The van der Waals surface area contributed by atoms with Gasteiger partial charge in [-0.05, 0) is 37.6 Å². The normalized spacial score (nSPS) is 17.4. The predicted octanol–water partition coefficient (Wildman–Crippen LogP) is 2.58. The standard InChI is InChI=1S/C17H25ClN2O3/c1-17(2,12-23-3)20-8-6-19(7-9-20)11-14-10-13(16(21)22)4-5-15(14)18/h4-5,10H,6-9,11-12H2,1-3H3,(H,21,22). The highest BCUT2D eigenvalue weighted by molar-refractivity contribution is 6.31. The van der Waals surface area contributed by atoms with E-state index >= 15 is 0 Å². The molecule has 1 aromatic rings. The van der Waals surface area contributed by atoms with Crippen molar-refractivity contribution in [2.24, 2.45) is 0 Å². The van der Waals surface area contributed by atoms with Crippen LogP contribution in [0.15, 0.2) is 18.2 Å². The number of nitrogens with zero attached hydrogens (tertiary/aromatic N) is 2. The summed E-state index contributed by atoms with van der Waals surface area (Å²) in [5, 5.41) is 9.73. The number of carboxylic acids is 1. The second-order valence-corrected chi connectivity index (χ2v) is 7.03. The number of aromatic carboxylic acids is 1. The van der Waals surface area contributed by atoms with Crippen LogP contribution in [0.25, 0.3) is 0 Å². The Morgan fingerprint density at radius 1 is 1.30 bits per heavy atom. The molecule has 0 atom stereocenters. The molecule has 1 aliphatic rings. The Kier molecular flexibility index (Phi) is 6.03. The zero-order valence-corrected chi connectivity index (χ0v) is 14.8. The van der Waals surface area contributed by atoms with Crippen molar-refractivity contribution in [1.29, 1.82) is 0 Å². The van der Waals surface area contributed by atoms with E-state index in [1.165, 1.54) is 0 Å². The molecule has 1 aliphatic heterocycles. The first kappa shape index (κ1) is 18.2. The molecule has 1 saturated heterocycles. The lowest BCUT2D eigenvalue weighted by atomic mass is 10.0. The van der Waals surface area contributed by atoms with Gasteiger partial charge in [0.1, 0.15) is 0 Å². The van der Waals surface area contributed by atoms with E-state index in [2.05, 4.69) is 23.6 Å². The number of ether oxygens (including phenoxy) is 1. The molecule has 6 heteroatoms. The van der Waals surface area contributed by atoms with Gasteiger partial charge in [0.15, 0.2) is 0 Å². The quantitative estimate of drug-likeness (QED) is 0.862. The smallest absolute Gasteiger partial charge is 0.335 e. The highest BCUT2D eigenvalue weighted by Crippen LogP contribution is 2.22. The van der Waals surface area contributed by atoms with Gasteiger partial charge in [0.25, 0.3) is 0 Å². The number of halogens is 1. The van der Waals surface area contributed by atoms with Crippen molar-refractivity contribution < 1.29 is 14.6 Å². The highest BCUT2D eigenvalue weighted by Gasteiger charge is 2.29. The zero-order chi connectivity index (χ0) is 17.0. The summed E-state index contributed by atoms with van der Waals surface area (Å²) in [6.07, 6.45) is 0. The summed E-state index contributed by atoms with van der Waals surface area (Å²) in [6.45, 7) is 9.57. The van der Waals surface area contributed by atoms with Gasteiger partial charge in [-0.15, -0.1) is 0 Å². The van der Waals surface area contributed by atoms with E-state index in [9.17, 15) is 4.79 Å². The summed E-state index contributed by atoms with van der Waals surface area (Å²) >= 11 is 6.22. The van der Waals surface area contributed by atoms with Crippen molar-refractivity contribution in [3.05, 3.63) is 34.3 Å². The molecule has 1 heterocycles. The van der Waals surface area contributed by atoms with E-state index in [1.54, 1.807) is 25.3 Å². The SMILES string of the molecule is COCC(C)(C)N1CCN(Cc2cc(C(=O)O)ccc2Cl)CC1. The minimum absolute atomic E-state index is 0.0295. The van der Waals surface area contributed by atoms with Gasteiger partial charge in [-0.3, -0.25) is 9.80 Å². The van der Waals surface area contributed by atoms with Gasteiger partial charge < -0.3 is 9.84 Å². The Morgan fingerprint density at radius 2 is 1.96 bits per heavy atom. The van der Waals surface area contributed by atoms with Crippen LogP contribution in [0.2, 0.25) is 5.02 Å². The second-order valence-electron chi connectivity index (χ2n) is 6.62. The number of methoxy groups -OCH3 is 1. The first-order chi connectivity index (χ1) is 10.8. The summed E-state index contributed by atoms with van der Waals surface area (Å²) in [4.78, 5) is 15.8. The van der Waals surface area contributed by atoms with E-state index < -0.39 is 5.97 Å². The molecule has 5 nitrogen and oxygen atoms in total. The number of hydrogen-bond acceptors (Lipinski definition) is 4. The van der Waals surface area contributed by atoms with Crippen LogP contribution in [-0.4, -0.2) is 66.3 Å². The Labute approximate surface area is 142 Å². The zero-order valence-electron chi connectivity index (χ0n) is 14.0. The second kappa shape index (κ2) is 7.62. The van der Waals surface area contributed by atoms with Crippen LogP contribution in [0.1, 0.15) is 29.8 Å². The maximum Gasteiger partial charge on any atom is 0.335 e. The van der Waals surface area contributed by atoms with Crippen LogP contribution >= 0.6 is 11.6 Å². The third-order valence-electron chi connectivity index (χ3n) is 4.41. The Morgan fingerprint density at radius 3 is 2.52 bits per heavy atom. The average Bonchev–Trinajstić information content (AvgIpc) is 2.50. The maximum absolute atomic E-state index is 11.1. The van der Waals surface area contributed by atoms with Gasteiger partial charge >= 0.3 is 5.97 Å². The summed E-state index contributed by atoms with van der Waals surface area (Å²) in [5.41, 5.74) is 1.18. The lowest BCUT2D eigenvalue weighted by Gasteiger charge is -2.43. The van der Waals surface area contributed by atoms with Gasteiger partial charge in [-0.2, -0.15) is 0 Å². The van der Waals surface area contributed by atoms with E-state index in [0.29, 0.717) is 18.2 Å². The van der Waals surface area contributed by atoms with E-state index in [4.69, 9.17) is 21.4 Å². The van der Waals surface area contributed by atoms with Gasteiger partial charge in [0.05, 0.1) is 12.2 Å². The molecule has 0 aromatic heterocycles. The first-order valence-corrected chi connectivity index (χ1v) is 8.19.